The van der Waals surface area contributed by atoms with Crippen LogP contribution in [0.25, 0.3) is 11.1 Å². The Balaban J connectivity index is 2.50. The fourth-order valence-electron chi connectivity index (χ4n) is 1.77. The second kappa shape index (κ2) is 4.60. The van der Waals surface area contributed by atoms with Crippen molar-refractivity contribution in [3.8, 4) is 11.1 Å². The lowest BCUT2D eigenvalue weighted by molar-refractivity contribution is -0.255. The summed E-state index contributed by atoms with van der Waals surface area (Å²) in [6, 6.07) is 12.4. The highest BCUT2D eigenvalue weighted by atomic mass is 35.5. The molecule has 0 aliphatic carbocycles. The van der Waals surface area contributed by atoms with Crippen LogP contribution in [-0.4, -0.2) is 5.97 Å². The van der Waals surface area contributed by atoms with Gasteiger partial charge in [0.05, 0.1) is 5.97 Å². The molecule has 0 heterocycles. The summed E-state index contributed by atoms with van der Waals surface area (Å²) in [4.78, 5) is 10.7. The Hall–Kier alpha value is -1.80. The summed E-state index contributed by atoms with van der Waals surface area (Å²) < 4.78 is 0. The standard InChI is InChI=1S/C14H11ClO2/c1-9-7-11(14(16)17)5-6-13(9)10-3-2-4-12(15)8-10/h2-8H,1H3,(H,16,17)/p-1. The molecule has 2 rings (SSSR count). The lowest BCUT2D eigenvalue weighted by Gasteiger charge is -2.09. The van der Waals surface area contributed by atoms with Crippen molar-refractivity contribution in [1.82, 2.24) is 0 Å². The van der Waals surface area contributed by atoms with Crippen molar-refractivity contribution in [3.63, 3.8) is 0 Å². The SMILES string of the molecule is Cc1cc(C(=O)[O-])ccc1-c1cccc(Cl)c1. The zero-order chi connectivity index (χ0) is 12.4. The van der Waals surface area contributed by atoms with Crippen molar-refractivity contribution in [3.05, 3.63) is 58.6 Å². The molecule has 17 heavy (non-hydrogen) atoms. The smallest absolute Gasteiger partial charge is 0.0715 e. The van der Waals surface area contributed by atoms with Crippen LogP contribution < -0.4 is 5.11 Å². The molecule has 0 radical (unpaired) electrons. The Labute approximate surface area is 104 Å². The second-order valence-electron chi connectivity index (χ2n) is 3.83. The third-order valence-electron chi connectivity index (χ3n) is 2.60. The molecular formula is C14H10ClO2-. The fraction of sp³-hybridized carbons (Fsp3) is 0.0714. The Kier molecular flexibility index (Phi) is 3.16. The topological polar surface area (TPSA) is 40.1 Å². The molecule has 2 nitrogen and oxygen atoms in total. The molecule has 3 heteroatoms. The van der Waals surface area contributed by atoms with Gasteiger partial charge in [-0.1, -0.05) is 35.9 Å². The average molecular weight is 246 g/mol. The molecular weight excluding hydrogens is 236 g/mol. The quantitative estimate of drug-likeness (QED) is 0.816. The van der Waals surface area contributed by atoms with Crippen LogP contribution in [0.1, 0.15) is 15.9 Å². The lowest BCUT2D eigenvalue weighted by atomic mass is 9.98. The first-order valence-electron chi connectivity index (χ1n) is 5.16. The fourth-order valence-corrected chi connectivity index (χ4v) is 1.96. The van der Waals surface area contributed by atoms with Crippen LogP contribution in [0.5, 0.6) is 0 Å². The number of hydrogen-bond acceptors (Lipinski definition) is 2. The number of hydrogen-bond donors (Lipinski definition) is 0. The van der Waals surface area contributed by atoms with Crippen molar-refractivity contribution < 1.29 is 9.90 Å². The van der Waals surface area contributed by atoms with E-state index in [1.165, 1.54) is 0 Å². The van der Waals surface area contributed by atoms with E-state index in [9.17, 15) is 9.90 Å². The summed E-state index contributed by atoms with van der Waals surface area (Å²) in [6.07, 6.45) is 0. The molecule has 0 saturated carbocycles. The number of carboxylic acid groups (broad SMARTS) is 1. The van der Waals surface area contributed by atoms with Crippen molar-refractivity contribution in [2.45, 2.75) is 6.92 Å². The first-order valence-corrected chi connectivity index (χ1v) is 5.53. The molecule has 0 amide bonds. The van der Waals surface area contributed by atoms with E-state index in [4.69, 9.17) is 11.6 Å². The molecule has 86 valence electrons. The molecule has 0 aromatic heterocycles. The van der Waals surface area contributed by atoms with Crippen LogP contribution in [0.2, 0.25) is 5.02 Å². The van der Waals surface area contributed by atoms with E-state index >= 15 is 0 Å². The van der Waals surface area contributed by atoms with Crippen LogP contribution >= 0.6 is 11.6 Å². The molecule has 2 aromatic rings. The monoisotopic (exact) mass is 245 g/mol. The third kappa shape index (κ3) is 2.48. The summed E-state index contributed by atoms with van der Waals surface area (Å²) in [6.45, 7) is 1.86. The summed E-state index contributed by atoms with van der Waals surface area (Å²) in [5, 5.41) is 11.4. The zero-order valence-electron chi connectivity index (χ0n) is 9.24. The number of rotatable bonds is 2. The highest BCUT2D eigenvalue weighted by Crippen LogP contribution is 2.26. The van der Waals surface area contributed by atoms with Gasteiger partial charge in [0.1, 0.15) is 0 Å². The predicted octanol–water partition coefficient (Wildman–Crippen LogP) is 2.68. The van der Waals surface area contributed by atoms with E-state index in [2.05, 4.69) is 0 Å². The minimum atomic E-state index is -1.16. The third-order valence-corrected chi connectivity index (χ3v) is 2.83. The predicted molar refractivity (Wildman–Crippen MR) is 66.0 cm³/mol. The lowest BCUT2D eigenvalue weighted by Crippen LogP contribution is -2.22. The number of carboxylic acids is 1. The van der Waals surface area contributed by atoms with Gasteiger partial charge in [0, 0.05) is 5.02 Å². The summed E-state index contributed by atoms with van der Waals surface area (Å²) in [5.74, 6) is -1.16. The van der Waals surface area contributed by atoms with Gasteiger partial charge >= 0.3 is 0 Å². The van der Waals surface area contributed by atoms with E-state index in [1.54, 1.807) is 24.3 Å². The van der Waals surface area contributed by atoms with Gasteiger partial charge in [-0.15, -0.1) is 0 Å². The average Bonchev–Trinajstić information content (AvgIpc) is 2.28. The van der Waals surface area contributed by atoms with Crippen LogP contribution in [0.3, 0.4) is 0 Å². The normalized spacial score (nSPS) is 10.2. The van der Waals surface area contributed by atoms with Gasteiger partial charge in [-0.2, -0.15) is 0 Å². The highest BCUT2D eigenvalue weighted by molar-refractivity contribution is 6.30. The summed E-state index contributed by atoms with van der Waals surface area (Å²) in [5.41, 5.74) is 3.01. The van der Waals surface area contributed by atoms with Crippen molar-refractivity contribution in [1.29, 1.82) is 0 Å². The molecule has 2 aromatic carbocycles. The molecule has 0 bridgehead atoms. The number of carbonyl (C=O) groups excluding carboxylic acids is 1. The number of aromatic carboxylic acids is 1. The summed E-state index contributed by atoms with van der Waals surface area (Å²) >= 11 is 5.92. The van der Waals surface area contributed by atoms with E-state index in [1.807, 2.05) is 25.1 Å². The molecule has 0 aliphatic rings. The van der Waals surface area contributed by atoms with Crippen LogP contribution in [-0.2, 0) is 0 Å². The largest absolute Gasteiger partial charge is 0.545 e. The molecule has 0 saturated heterocycles. The minimum absolute atomic E-state index is 0.188. The number of halogens is 1. The highest BCUT2D eigenvalue weighted by Gasteiger charge is 2.04. The summed E-state index contributed by atoms with van der Waals surface area (Å²) in [7, 11) is 0. The molecule has 0 fully saturated rings. The van der Waals surface area contributed by atoms with Crippen LogP contribution in [0.4, 0.5) is 0 Å². The Bertz CT molecular complexity index is 576. The maximum Gasteiger partial charge on any atom is 0.0715 e. The van der Waals surface area contributed by atoms with Crippen LogP contribution in [0, 0.1) is 6.92 Å². The molecule has 0 spiro atoms. The van der Waals surface area contributed by atoms with Crippen LogP contribution in [0.15, 0.2) is 42.5 Å². The van der Waals surface area contributed by atoms with E-state index in [-0.39, 0.29) is 5.56 Å². The maximum atomic E-state index is 10.7. The zero-order valence-corrected chi connectivity index (χ0v) is 9.99. The second-order valence-corrected chi connectivity index (χ2v) is 4.26. The molecule has 0 unspecified atom stereocenters. The van der Waals surface area contributed by atoms with Gasteiger partial charge in [-0.3, -0.25) is 0 Å². The van der Waals surface area contributed by atoms with Gasteiger partial charge in [-0.25, -0.2) is 0 Å². The van der Waals surface area contributed by atoms with Crippen molar-refractivity contribution in [2.75, 3.05) is 0 Å². The Morgan fingerprint density at radius 1 is 1.18 bits per heavy atom. The van der Waals surface area contributed by atoms with Gasteiger partial charge in [0.15, 0.2) is 0 Å². The van der Waals surface area contributed by atoms with Crippen molar-refractivity contribution >= 4 is 17.6 Å². The van der Waals surface area contributed by atoms with Gasteiger partial charge < -0.3 is 9.90 Å². The molecule has 0 atom stereocenters. The molecule has 0 aliphatic heterocycles. The van der Waals surface area contributed by atoms with E-state index in [0.29, 0.717) is 5.02 Å². The Morgan fingerprint density at radius 2 is 1.94 bits per heavy atom. The van der Waals surface area contributed by atoms with Gasteiger partial charge in [-0.05, 0) is 47.4 Å². The number of aryl methyl sites for hydroxylation is 1. The number of benzene rings is 2. The first kappa shape index (κ1) is 11.7. The maximum absolute atomic E-state index is 10.7. The van der Waals surface area contributed by atoms with Crippen molar-refractivity contribution in [2.24, 2.45) is 0 Å². The van der Waals surface area contributed by atoms with E-state index < -0.39 is 5.97 Å². The van der Waals surface area contributed by atoms with Gasteiger partial charge in [0.2, 0.25) is 0 Å². The van der Waals surface area contributed by atoms with Gasteiger partial charge in [0.25, 0.3) is 0 Å². The number of carbonyl (C=O) groups is 1. The minimum Gasteiger partial charge on any atom is -0.545 e. The molecule has 0 N–H and O–H groups in total. The van der Waals surface area contributed by atoms with E-state index in [0.717, 1.165) is 16.7 Å². The Morgan fingerprint density at radius 3 is 2.53 bits per heavy atom. The first-order chi connectivity index (χ1) is 8.08.